The smallest absolute Gasteiger partial charge is 0.155 e. The van der Waals surface area contributed by atoms with Gasteiger partial charge in [-0.3, -0.25) is 0 Å². The number of hydrogen-bond acceptors (Lipinski definition) is 4. The van der Waals surface area contributed by atoms with Crippen LogP contribution in [0.1, 0.15) is 22.9 Å². The minimum absolute atomic E-state index is 0.489. The lowest BCUT2D eigenvalue weighted by molar-refractivity contribution is 0.795. The van der Waals surface area contributed by atoms with Crippen molar-refractivity contribution in [3.63, 3.8) is 0 Å². The van der Waals surface area contributed by atoms with Gasteiger partial charge in [0.1, 0.15) is 0 Å². The first kappa shape index (κ1) is 13.3. The van der Waals surface area contributed by atoms with Gasteiger partial charge in [-0.05, 0) is 43.3 Å². The van der Waals surface area contributed by atoms with Crippen molar-refractivity contribution in [2.75, 3.05) is 11.4 Å². The molecule has 96 valence electrons. The van der Waals surface area contributed by atoms with Gasteiger partial charge < -0.3 is 4.90 Å². The average molecular weight is 282 g/mol. The Balaban J connectivity index is 2.30. The highest BCUT2D eigenvalue weighted by Gasteiger charge is 2.14. The highest BCUT2D eigenvalue weighted by atomic mass is 35.5. The second kappa shape index (κ2) is 5.67. The van der Waals surface area contributed by atoms with Crippen molar-refractivity contribution in [1.29, 1.82) is 0 Å². The lowest BCUT2D eigenvalue weighted by Crippen LogP contribution is -2.24. The molecule has 0 saturated heterocycles. The van der Waals surface area contributed by atoms with E-state index in [1.165, 1.54) is 4.88 Å². The zero-order valence-electron chi connectivity index (χ0n) is 10.8. The van der Waals surface area contributed by atoms with Crippen LogP contribution in [-0.4, -0.2) is 16.7 Å². The van der Waals surface area contributed by atoms with Crippen LogP contribution in [0, 0.1) is 13.8 Å². The summed E-state index contributed by atoms with van der Waals surface area (Å²) in [5.41, 5.74) is 2.11. The molecule has 0 aliphatic rings. The van der Waals surface area contributed by atoms with E-state index in [-0.39, 0.29) is 0 Å². The Bertz CT molecular complexity index is 525. The minimum atomic E-state index is 0.489. The van der Waals surface area contributed by atoms with Gasteiger partial charge in [0.2, 0.25) is 0 Å². The molecule has 2 heterocycles. The Morgan fingerprint density at radius 2 is 2.06 bits per heavy atom. The van der Waals surface area contributed by atoms with Gasteiger partial charge in [-0.1, -0.05) is 17.7 Å². The highest BCUT2D eigenvalue weighted by Crippen LogP contribution is 2.25. The van der Waals surface area contributed by atoms with Gasteiger partial charge in [0.05, 0.1) is 6.54 Å². The first-order valence-corrected chi connectivity index (χ1v) is 7.16. The average Bonchev–Trinajstić information content (AvgIpc) is 2.87. The maximum atomic E-state index is 5.99. The largest absolute Gasteiger partial charge is 0.350 e. The molecule has 5 heteroatoms. The summed E-state index contributed by atoms with van der Waals surface area (Å²) in [6.45, 7) is 7.91. The molecule has 2 aromatic rings. The summed E-state index contributed by atoms with van der Waals surface area (Å²) in [5.74, 6) is 0.924. The van der Waals surface area contributed by atoms with E-state index in [1.54, 1.807) is 11.3 Å². The normalized spacial score (nSPS) is 10.7. The second-order valence-electron chi connectivity index (χ2n) is 4.16. The third-order valence-corrected chi connectivity index (χ3v) is 4.27. The van der Waals surface area contributed by atoms with Crippen LogP contribution in [0.5, 0.6) is 0 Å². The SMILES string of the molecule is CCN(Cc1cccs1)c1nnc(Cl)c(C)c1C. The topological polar surface area (TPSA) is 29.0 Å². The molecule has 2 aromatic heterocycles. The zero-order valence-corrected chi connectivity index (χ0v) is 12.3. The van der Waals surface area contributed by atoms with Crippen LogP contribution in [0.15, 0.2) is 17.5 Å². The van der Waals surface area contributed by atoms with Crippen molar-refractivity contribution in [2.45, 2.75) is 27.3 Å². The molecule has 0 bridgehead atoms. The van der Waals surface area contributed by atoms with Gasteiger partial charge in [0, 0.05) is 11.4 Å². The van der Waals surface area contributed by atoms with Crippen molar-refractivity contribution >= 4 is 28.8 Å². The maximum Gasteiger partial charge on any atom is 0.155 e. The predicted molar refractivity (Wildman–Crippen MR) is 77.6 cm³/mol. The third-order valence-electron chi connectivity index (χ3n) is 3.05. The van der Waals surface area contributed by atoms with Gasteiger partial charge >= 0.3 is 0 Å². The van der Waals surface area contributed by atoms with Crippen molar-refractivity contribution in [2.24, 2.45) is 0 Å². The molecule has 0 fully saturated rings. The highest BCUT2D eigenvalue weighted by molar-refractivity contribution is 7.09. The number of thiophene rings is 1. The molecule has 0 N–H and O–H groups in total. The van der Waals surface area contributed by atoms with Crippen LogP contribution in [0.4, 0.5) is 5.82 Å². The van der Waals surface area contributed by atoms with Crippen LogP contribution < -0.4 is 4.90 Å². The Morgan fingerprint density at radius 1 is 1.28 bits per heavy atom. The molecule has 18 heavy (non-hydrogen) atoms. The summed E-state index contributed by atoms with van der Waals surface area (Å²) in [4.78, 5) is 3.54. The summed E-state index contributed by atoms with van der Waals surface area (Å²) in [6, 6.07) is 4.21. The van der Waals surface area contributed by atoms with Crippen LogP contribution in [0.2, 0.25) is 5.15 Å². The summed E-state index contributed by atoms with van der Waals surface area (Å²) in [7, 11) is 0. The molecule has 0 aromatic carbocycles. The third kappa shape index (κ3) is 2.65. The van der Waals surface area contributed by atoms with Crippen molar-refractivity contribution < 1.29 is 0 Å². The monoisotopic (exact) mass is 281 g/mol. The van der Waals surface area contributed by atoms with E-state index in [1.807, 2.05) is 13.8 Å². The summed E-state index contributed by atoms with van der Waals surface area (Å²) in [6.07, 6.45) is 0. The Labute approximate surface area is 116 Å². The van der Waals surface area contributed by atoms with E-state index >= 15 is 0 Å². The quantitative estimate of drug-likeness (QED) is 0.853. The zero-order chi connectivity index (χ0) is 13.1. The molecule has 0 radical (unpaired) electrons. The van der Waals surface area contributed by atoms with Crippen LogP contribution >= 0.6 is 22.9 Å². The van der Waals surface area contributed by atoms with Crippen LogP contribution in [0.3, 0.4) is 0 Å². The van der Waals surface area contributed by atoms with Gasteiger partial charge in [-0.2, -0.15) is 0 Å². The number of aromatic nitrogens is 2. The van der Waals surface area contributed by atoms with Gasteiger partial charge in [-0.15, -0.1) is 21.5 Å². The fourth-order valence-corrected chi connectivity index (χ4v) is 2.69. The van der Waals surface area contributed by atoms with E-state index in [9.17, 15) is 0 Å². The number of rotatable bonds is 4. The Hall–Kier alpha value is -1.13. The van der Waals surface area contributed by atoms with E-state index in [0.717, 1.165) is 30.0 Å². The molecule has 0 spiro atoms. The molecule has 3 nitrogen and oxygen atoms in total. The summed E-state index contributed by atoms with van der Waals surface area (Å²) >= 11 is 7.75. The summed E-state index contributed by atoms with van der Waals surface area (Å²) < 4.78 is 0. The Morgan fingerprint density at radius 3 is 2.67 bits per heavy atom. The van der Waals surface area contributed by atoms with Crippen molar-refractivity contribution in [3.8, 4) is 0 Å². The van der Waals surface area contributed by atoms with Gasteiger partial charge in [0.25, 0.3) is 0 Å². The fourth-order valence-electron chi connectivity index (χ4n) is 1.79. The maximum absolute atomic E-state index is 5.99. The standard InChI is InChI=1S/C13H16ClN3S/c1-4-17(8-11-6-5-7-18-11)13-10(3)9(2)12(14)15-16-13/h5-7H,4,8H2,1-3H3. The first-order chi connectivity index (χ1) is 8.63. The van der Waals surface area contributed by atoms with E-state index in [2.05, 4.69) is 39.5 Å². The molecule has 0 unspecified atom stereocenters. The van der Waals surface area contributed by atoms with Crippen LogP contribution in [-0.2, 0) is 6.54 Å². The number of anilines is 1. The van der Waals surface area contributed by atoms with Gasteiger partial charge in [-0.25, -0.2) is 0 Å². The lowest BCUT2D eigenvalue weighted by atomic mass is 10.2. The number of halogens is 1. The summed E-state index contributed by atoms with van der Waals surface area (Å²) in [5, 5.41) is 10.8. The molecule has 0 saturated carbocycles. The number of hydrogen-bond donors (Lipinski definition) is 0. The van der Waals surface area contributed by atoms with Crippen molar-refractivity contribution in [3.05, 3.63) is 38.7 Å². The Kier molecular flexibility index (Phi) is 4.19. The fraction of sp³-hybridized carbons (Fsp3) is 0.385. The second-order valence-corrected chi connectivity index (χ2v) is 5.55. The lowest BCUT2D eigenvalue weighted by Gasteiger charge is -2.23. The van der Waals surface area contributed by atoms with Crippen molar-refractivity contribution in [1.82, 2.24) is 10.2 Å². The molecule has 0 aliphatic heterocycles. The molecule has 0 amide bonds. The molecule has 2 rings (SSSR count). The van der Waals surface area contributed by atoms with E-state index in [0.29, 0.717) is 5.15 Å². The molecule has 0 atom stereocenters. The van der Waals surface area contributed by atoms with E-state index < -0.39 is 0 Å². The molecule has 0 aliphatic carbocycles. The van der Waals surface area contributed by atoms with Crippen LogP contribution in [0.25, 0.3) is 0 Å². The van der Waals surface area contributed by atoms with E-state index in [4.69, 9.17) is 11.6 Å². The first-order valence-electron chi connectivity index (χ1n) is 5.90. The number of nitrogens with zero attached hydrogens (tertiary/aromatic N) is 3. The minimum Gasteiger partial charge on any atom is -0.350 e. The van der Waals surface area contributed by atoms with Gasteiger partial charge in [0.15, 0.2) is 11.0 Å². The molecular formula is C13H16ClN3S. The predicted octanol–water partition coefficient (Wildman–Crippen LogP) is 3.83. The molecular weight excluding hydrogens is 266 g/mol.